The highest BCUT2D eigenvalue weighted by molar-refractivity contribution is 9.09. The van der Waals surface area contributed by atoms with Crippen LogP contribution in [-0.2, 0) is 12.8 Å². The average Bonchev–Trinajstić information content (AvgIpc) is 2.52. The van der Waals surface area contributed by atoms with Crippen LogP contribution in [-0.4, -0.2) is 28.4 Å². The number of fused-ring (bicyclic) bond motifs is 1. The van der Waals surface area contributed by atoms with Crippen LogP contribution in [0.5, 0.6) is 0 Å². The van der Waals surface area contributed by atoms with E-state index >= 15 is 0 Å². The normalized spacial score (nSPS) is 17.1. The molecule has 0 N–H and O–H groups in total. The van der Waals surface area contributed by atoms with Crippen molar-refractivity contribution in [2.45, 2.75) is 43.9 Å². The second kappa shape index (κ2) is 5.80. The first-order valence-electron chi connectivity index (χ1n) is 6.36. The van der Waals surface area contributed by atoms with Crippen molar-refractivity contribution >= 4 is 21.7 Å². The Morgan fingerprint density at radius 3 is 2.82 bits per heavy atom. The molecule has 3 nitrogen and oxygen atoms in total. The minimum absolute atomic E-state index is 0.476. The molecular formula is C13H20BrN3. The Bertz CT molecular complexity index is 379. The molecule has 1 aromatic heterocycles. The Morgan fingerprint density at radius 1 is 1.29 bits per heavy atom. The highest BCUT2D eigenvalue weighted by atomic mass is 79.9. The zero-order valence-electron chi connectivity index (χ0n) is 10.6. The van der Waals surface area contributed by atoms with E-state index in [9.17, 15) is 0 Å². The van der Waals surface area contributed by atoms with E-state index in [0.717, 1.165) is 25.2 Å². The van der Waals surface area contributed by atoms with E-state index in [1.807, 2.05) is 0 Å². The highest BCUT2D eigenvalue weighted by Crippen LogP contribution is 2.26. The van der Waals surface area contributed by atoms with Crippen LogP contribution in [0.1, 0.15) is 37.4 Å². The number of aryl methyl sites for hydroxylation is 1. The molecule has 0 amide bonds. The number of alkyl halides is 1. The third kappa shape index (κ3) is 3.18. The maximum absolute atomic E-state index is 4.48. The van der Waals surface area contributed by atoms with Gasteiger partial charge in [0.1, 0.15) is 12.1 Å². The number of hydrogen-bond acceptors (Lipinski definition) is 3. The van der Waals surface area contributed by atoms with Gasteiger partial charge in [-0.1, -0.05) is 29.3 Å². The van der Waals surface area contributed by atoms with Gasteiger partial charge < -0.3 is 4.90 Å². The maximum atomic E-state index is 4.48. The van der Waals surface area contributed by atoms with Gasteiger partial charge in [0.2, 0.25) is 0 Å². The SMILES string of the molecule is CC(Br)CN(C)c1ncnc2c1CCCCC2. The summed E-state index contributed by atoms with van der Waals surface area (Å²) >= 11 is 3.60. The second-order valence-electron chi connectivity index (χ2n) is 4.84. The molecule has 1 heterocycles. The summed E-state index contributed by atoms with van der Waals surface area (Å²) in [5.41, 5.74) is 2.64. The smallest absolute Gasteiger partial charge is 0.135 e. The molecule has 0 spiro atoms. The molecule has 0 saturated heterocycles. The van der Waals surface area contributed by atoms with Crippen molar-refractivity contribution in [3.63, 3.8) is 0 Å². The fraction of sp³-hybridized carbons (Fsp3) is 0.692. The van der Waals surface area contributed by atoms with E-state index in [0.29, 0.717) is 4.83 Å². The molecule has 0 aliphatic heterocycles. The minimum atomic E-state index is 0.476. The predicted molar refractivity (Wildman–Crippen MR) is 75.0 cm³/mol. The van der Waals surface area contributed by atoms with Crippen molar-refractivity contribution < 1.29 is 0 Å². The first-order valence-corrected chi connectivity index (χ1v) is 7.28. The van der Waals surface area contributed by atoms with E-state index in [1.165, 1.54) is 30.5 Å². The summed E-state index contributed by atoms with van der Waals surface area (Å²) in [6, 6.07) is 0. The lowest BCUT2D eigenvalue weighted by molar-refractivity contribution is 0.708. The molecule has 17 heavy (non-hydrogen) atoms. The zero-order chi connectivity index (χ0) is 12.3. The van der Waals surface area contributed by atoms with Crippen molar-refractivity contribution in [3.05, 3.63) is 17.6 Å². The van der Waals surface area contributed by atoms with Crippen molar-refractivity contribution in [1.29, 1.82) is 0 Å². The van der Waals surface area contributed by atoms with Crippen LogP contribution in [0, 0.1) is 0 Å². The van der Waals surface area contributed by atoms with E-state index < -0.39 is 0 Å². The van der Waals surface area contributed by atoms with Gasteiger partial charge in [-0.2, -0.15) is 0 Å². The standard InChI is InChI=1S/C13H20BrN3/c1-10(14)8-17(2)13-11-6-4-3-5-7-12(11)15-9-16-13/h9-10H,3-8H2,1-2H3. The second-order valence-corrected chi connectivity index (χ2v) is 6.41. The molecule has 0 aromatic carbocycles. The van der Waals surface area contributed by atoms with Crippen molar-refractivity contribution in [3.8, 4) is 0 Å². The van der Waals surface area contributed by atoms with Gasteiger partial charge in [0.05, 0.1) is 0 Å². The molecule has 4 heteroatoms. The van der Waals surface area contributed by atoms with Gasteiger partial charge >= 0.3 is 0 Å². The third-order valence-electron chi connectivity index (χ3n) is 3.24. The van der Waals surface area contributed by atoms with E-state index in [1.54, 1.807) is 6.33 Å². The van der Waals surface area contributed by atoms with Gasteiger partial charge in [0.15, 0.2) is 0 Å². The number of nitrogens with zero attached hydrogens (tertiary/aromatic N) is 3. The molecule has 1 aliphatic carbocycles. The van der Waals surface area contributed by atoms with Gasteiger partial charge in [0, 0.05) is 29.7 Å². The van der Waals surface area contributed by atoms with Crippen molar-refractivity contribution in [2.24, 2.45) is 0 Å². The van der Waals surface area contributed by atoms with Crippen LogP contribution < -0.4 is 4.90 Å². The Kier molecular flexibility index (Phi) is 4.37. The molecule has 1 atom stereocenters. The monoisotopic (exact) mass is 297 g/mol. The van der Waals surface area contributed by atoms with Gasteiger partial charge in [0.25, 0.3) is 0 Å². The summed E-state index contributed by atoms with van der Waals surface area (Å²) < 4.78 is 0. The van der Waals surface area contributed by atoms with E-state index in [-0.39, 0.29) is 0 Å². The molecule has 2 rings (SSSR count). The Morgan fingerprint density at radius 2 is 2.06 bits per heavy atom. The average molecular weight is 298 g/mol. The molecule has 0 bridgehead atoms. The molecule has 0 radical (unpaired) electrons. The van der Waals surface area contributed by atoms with E-state index in [2.05, 4.69) is 44.8 Å². The Hall–Kier alpha value is -0.640. The number of aromatic nitrogens is 2. The van der Waals surface area contributed by atoms with Crippen LogP contribution in [0.3, 0.4) is 0 Å². The maximum Gasteiger partial charge on any atom is 0.135 e. The summed E-state index contributed by atoms with van der Waals surface area (Å²) in [6.45, 7) is 3.14. The lowest BCUT2D eigenvalue weighted by atomic mass is 10.1. The molecule has 1 unspecified atom stereocenters. The van der Waals surface area contributed by atoms with Gasteiger partial charge in [-0.05, 0) is 25.7 Å². The Labute approximate surface area is 112 Å². The fourth-order valence-corrected chi connectivity index (χ4v) is 2.91. The number of rotatable bonds is 3. The molecule has 1 aromatic rings. The van der Waals surface area contributed by atoms with E-state index in [4.69, 9.17) is 0 Å². The van der Waals surface area contributed by atoms with Crippen LogP contribution in [0.25, 0.3) is 0 Å². The van der Waals surface area contributed by atoms with Crippen molar-refractivity contribution in [1.82, 2.24) is 9.97 Å². The summed E-state index contributed by atoms with van der Waals surface area (Å²) in [5, 5.41) is 0. The highest BCUT2D eigenvalue weighted by Gasteiger charge is 2.17. The Balaban J connectivity index is 2.27. The third-order valence-corrected chi connectivity index (χ3v) is 3.53. The molecule has 1 aliphatic rings. The first kappa shape index (κ1) is 12.8. The first-order chi connectivity index (χ1) is 8.18. The van der Waals surface area contributed by atoms with Crippen LogP contribution in [0.15, 0.2) is 6.33 Å². The quantitative estimate of drug-likeness (QED) is 0.634. The minimum Gasteiger partial charge on any atom is -0.358 e. The van der Waals surface area contributed by atoms with Crippen LogP contribution >= 0.6 is 15.9 Å². The number of anilines is 1. The van der Waals surface area contributed by atoms with Gasteiger partial charge in [-0.15, -0.1) is 0 Å². The van der Waals surface area contributed by atoms with Gasteiger partial charge in [-0.3, -0.25) is 0 Å². The van der Waals surface area contributed by atoms with Crippen molar-refractivity contribution in [2.75, 3.05) is 18.5 Å². The fourth-order valence-electron chi connectivity index (χ4n) is 2.47. The lowest BCUT2D eigenvalue weighted by Gasteiger charge is -2.23. The molecule has 94 valence electrons. The molecular weight excluding hydrogens is 278 g/mol. The van der Waals surface area contributed by atoms with Gasteiger partial charge in [-0.25, -0.2) is 9.97 Å². The van der Waals surface area contributed by atoms with Crippen LogP contribution in [0.4, 0.5) is 5.82 Å². The zero-order valence-corrected chi connectivity index (χ0v) is 12.2. The topological polar surface area (TPSA) is 29.0 Å². The predicted octanol–water partition coefficient (Wildman–Crippen LogP) is 2.97. The number of halogens is 1. The molecule has 0 fully saturated rings. The molecule has 0 saturated carbocycles. The summed E-state index contributed by atoms with van der Waals surface area (Å²) in [4.78, 5) is 11.6. The summed E-state index contributed by atoms with van der Waals surface area (Å²) in [6.07, 6.45) is 7.81. The summed E-state index contributed by atoms with van der Waals surface area (Å²) in [5.74, 6) is 1.13. The van der Waals surface area contributed by atoms with Crippen LogP contribution in [0.2, 0.25) is 0 Å². The summed E-state index contributed by atoms with van der Waals surface area (Å²) in [7, 11) is 2.12. The largest absolute Gasteiger partial charge is 0.358 e. The lowest BCUT2D eigenvalue weighted by Crippen LogP contribution is -2.26. The number of hydrogen-bond donors (Lipinski definition) is 0.